The Labute approximate surface area is 110 Å². The van der Waals surface area contributed by atoms with E-state index >= 15 is 0 Å². The molecule has 0 aromatic rings. The van der Waals surface area contributed by atoms with Crippen LogP contribution in [0.1, 0.15) is 59.3 Å². The zero-order valence-electron chi connectivity index (χ0n) is 11.9. The molecule has 0 spiro atoms. The first-order chi connectivity index (χ1) is 8.44. The summed E-state index contributed by atoms with van der Waals surface area (Å²) in [7, 11) is 0. The molecule has 0 amide bonds. The van der Waals surface area contributed by atoms with Gasteiger partial charge in [0.2, 0.25) is 0 Å². The predicted molar refractivity (Wildman–Crippen MR) is 70.0 cm³/mol. The number of hydrogen-bond acceptors (Lipinski definition) is 3. The van der Waals surface area contributed by atoms with Crippen molar-refractivity contribution in [1.82, 2.24) is 0 Å². The number of rotatable bonds is 5. The van der Waals surface area contributed by atoms with Gasteiger partial charge in [-0.3, -0.25) is 4.79 Å². The fraction of sp³-hybridized carbons (Fsp3) is 0.933. The highest BCUT2D eigenvalue weighted by Crippen LogP contribution is 2.45. The van der Waals surface area contributed by atoms with Crippen molar-refractivity contribution in [2.75, 3.05) is 6.79 Å². The molecule has 3 atom stereocenters. The van der Waals surface area contributed by atoms with Crippen molar-refractivity contribution < 1.29 is 14.3 Å². The lowest BCUT2D eigenvalue weighted by atomic mass is 9.91. The second-order valence-corrected chi connectivity index (χ2v) is 7.07. The summed E-state index contributed by atoms with van der Waals surface area (Å²) in [5.74, 6) is 1.47. The first-order valence-electron chi connectivity index (χ1n) is 7.21. The summed E-state index contributed by atoms with van der Waals surface area (Å²) in [6.45, 7) is 6.54. The first kappa shape index (κ1) is 13.9. The molecule has 0 heterocycles. The smallest absolute Gasteiger partial charge is 0.307 e. The number of hydrogen-bond donors (Lipinski definition) is 0. The standard InChI is InChI=1S/C15H26O3/c1-15(2,3)7-6-14(16)18-10-17-13-9-11-4-5-12(13)8-11/h11-13H,4-10H2,1-3H3. The third-order valence-electron chi connectivity index (χ3n) is 4.25. The van der Waals surface area contributed by atoms with E-state index in [0.717, 1.165) is 18.3 Å². The summed E-state index contributed by atoms with van der Waals surface area (Å²) in [5.41, 5.74) is 0.185. The molecular formula is C15H26O3. The van der Waals surface area contributed by atoms with Gasteiger partial charge in [-0.2, -0.15) is 0 Å². The summed E-state index contributed by atoms with van der Waals surface area (Å²) in [6.07, 6.45) is 6.86. The molecule has 2 aliphatic carbocycles. The van der Waals surface area contributed by atoms with Gasteiger partial charge < -0.3 is 9.47 Å². The van der Waals surface area contributed by atoms with Crippen molar-refractivity contribution in [2.45, 2.75) is 65.4 Å². The van der Waals surface area contributed by atoms with E-state index in [4.69, 9.17) is 9.47 Å². The van der Waals surface area contributed by atoms with Crippen molar-refractivity contribution in [1.29, 1.82) is 0 Å². The van der Waals surface area contributed by atoms with E-state index < -0.39 is 0 Å². The molecule has 0 N–H and O–H groups in total. The molecule has 104 valence electrons. The summed E-state index contributed by atoms with van der Waals surface area (Å²) in [4.78, 5) is 11.5. The quantitative estimate of drug-likeness (QED) is 0.556. The molecule has 2 bridgehead atoms. The maximum absolute atomic E-state index is 11.5. The van der Waals surface area contributed by atoms with Crippen LogP contribution in [0.2, 0.25) is 0 Å². The molecule has 2 saturated carbocycles. The van der Waals surface area contributed by atoms with Gasteiger partial charge in [-0.15, -0.1) is 0 Å². The van der Waals surface area contributed by atoms with Crippen LogP contribution in [0.5, 0.6) is 0 Å². The molecule has 3 unspecified atom stereocenters. The molecular weight excluding hydrogens is 228 g/mol. The normalized spacial score (nSPS) is 30.7. The van der Waals surface area contributed by atoms with E-state index in [0.29, 0.717) is 12.5 Å². The van der Waals surface area contributed by atoms with Crippen molar-refractivity contribution in [3.63, 3.8) is 0 Å². The molecule has 0 aliphatic heterocycles. The molecule has 0 saturated heterocycles. The van der Waals surface area contributed by atoms with E-state index in [9.17, 15) is 4.79 Å². The summed E-state index contributed by atoms with van der Waals surface area (Å²) < 4.78 is 10.8. The zero-order valence-corrected chi connectivity index (χ0v) is 11.9. The highest BCUT2D eigenvalue weighted by Gasteiger charge is 2.40. The van der Waals surface area contributed by atoms with E-state index in [2.05, 4.69) is 20.8 Å². The second-order valence-electron chi connectivity index (χ2n) is 7.07. The Bertz CT molecular complexity index is 293. The van der Waals surface area contributed by atoms with Crippen molar-refractivity contribution >= 4 is 5.97 Å². The Morgan fingerprint density at radius 2 is 2.00 bits per heavy atom. The molecule has 0 aromatic carbocycles. The van der Waals surface area contributed by atoms with Gasteiger partial charge in [-0.1, -0.05) is 20.8 Å². The van der Waals surface area contributed by atoms with Gasteiger partial charge in [0.05, 0.1) is 6.10 Å². The van der Waals surface area contributed by atoms with E-state index in [1.165, 1.54) is 25.7 Å². The summed E-state index contributed by atoms with van der Waals surface area (Å²) in [6, 6.07) is 0. The van der Waals surface area contributed by atoms with Crippen molar-refractivity contribution in [3.05, 3.63) is 0 Å². The Hall–Kier alpha value is -0.570. The topological polar surface area (TPSA) is 35.5 Å². The van der Waals surface area contributed by atoms with E-state index in [-0.39, 0.29) is 18.2 Å². The van der Waals surface area contributed by atoms with Gasteiger partial charge in [0, 0.05) is 6.42 Å². The minimum absolute atomic E-state index is 0.131. The Morgan fingerprint density at radius 3 is 2.56 bits per heavy atom. The third-order valence-corrected chi connectivity index (χ3v) is 4.25. The average molecular weight is 254 g/mol. The molecule has 3 heteroatoms. The van der Waals surface area contributed by atoms with Crippen LogP contribution >= 0.6 is 0 Å². The van der Waals surface area contributed by atoms with Crippen LogP contribution in [0.4, 0.5) is 0 Å². The largest absolute Gasteiger partial charge is 0.438 e. The Balaban J connectivity index is 1.57. The van der Waals surface area contributed by atoms with Crippen LogP contribution in [0.25, 0.3) is 0 Å². The maximum Gasteiger partial charge on any atom is 0.307 e. The van der Waals surface area contributed by atoms with Crippen LogP contribution in [-0.4, -0.2) is 18.9 Å². The highest BCUT2D eigenvalue weighted by atomic mass is 16.7. The molecule has 18 heavy (non-hydrogen) atoms. The minimum Gasteiger partial charge on any atom is -0.438 e. The van der Waals surface area contributed by atoms with Crippen LogP contribution in [-0.2, 0) is 14.3 Å². The van der Waals surface area contributed by atoms with Crippen LogP contribution in [0.3, 0.4) is 0 Å². The summed E-state index contributed by atoms with van der Waals surface area (Å²) in [5, 5.41) is 0. The molecule has 2 rings (SSSR count). The van der Waals surface area contributed by atoms with Crippen LogP contribution in [0, 0.1) is 17.3 Å². The molecule has 3 nitrogen and oxygen atoms in total. The Kier molecular flexibility index (Phi) is 4.31. The fourth-order valence-electron chi connectivity index (χ4n) is 3.13. The lowest BCUT2D eigenvalue weighted by Crippen LogP contribution is -2.23. The monoisotopic (exact) mass is 254 g/mol. The van der Waals surface area contributed by atoms with E-state index in [1.54, 1.807) is 0 Å². The van der Waals surface area contributed by atoms with Gasteiger partial charge in [0.25, 0.3) is 0 Å². The highest BCUT2D eigenvalue weighted by molar-refractivity contribution is 5.69. The minimum atomic E-state index is -0.131. The van der Waals surface area contributed by atoms with Crippen LogP contribution in [0.15, 0.2) is 0 Å². The second kappa shape index (κ2) is 5.60. The van der Waals surface area contributed by atoms with Crippen molar-refractivity contribution in [2.24, 2.45) is 17.3 Å². The zero-order chi connectivity index (χ0) is 13.2. The number of esters is 1. The van der Waals surface area contributed by atoms with Gasteiger partial charge in [0.1, 0.15) is 0 Å². The van der Waals surface area contributed by atoms with Gasteiger partial charge >= 0.3 is 5.97 Å². The summed E-state index contributed by atoms with van der Waals surface area (Å²) >= 11 is 0. The first-order valence-corrected chi connectivity index (χ1v) is 7.21. The van der Waals surface area contributed by atoms with Gasteiger partial charge in [-0.25, -0.2) is 0 Å². The lowest BCUT2D eigenvalue weighted by Gasteiger charge is -2.22. The van der Waals surface area contributed by atoms with E-state index in [1.807, 2.05) is 0 Å². The van der Waals surface area contributed by atoms with Crippen LogP contribution < -0.4 is 0 Å². The third kappa shape index (κ3) is 3.98. The predicted octanol–water partition coefficient (Wildman–Crippen LogP) is 3.52. The molecule has 2 fully saturated rings. The maximum atomic E-state index is 11.5. The number of carbonyl (C=O) groups is 1. The number of fused-ring (bicyclic) bond motifs is 2. The number of ether oxygens (including phenoxy) is 2. The van der Waals surface area contributed by atoms with Crippen molar-refractivity contribution in [3.8, 4) is 0 Å². The molecule has 0 aromatic heterocycles. The number of carbonyl (C=O) groups excluding carboxylic acids is 1. The molecule has 0 radical (unpaired) electrons. The fourth-order valence-corrected chi connectivity index (χ4v) is 3.13. The molecule has 2 aliphatic rings. The SMILES string of the molecule is CC(C)(C)CCC(=O)OCOC1CC2CCC1C2. The Morgan fingerprint density at radius 1 is 1.22 bits per heavy atom. The lowest BCUT2D eigenvalue weighted by molar-refractivity contribution is -0.163. The van der Waals surface area contributed by atoms with Gasteiger partial charge in [0.15, 0.2) is 6.79 Å². The average Bonchev–Trinajstić information content (AvgIpc) is 2.87. The van der Waals surface area contributed by atoms with Gasteiger partial charge in [-0.05, 0) is 49.4 Å².